The molecule has 0 saturated carbocycles. The summed E-state index contributed by atoms with van der Waals surface area (Å²) in [5.41, 5.74) is 8.69. The topological polar surface area (TPSA) is 135 Å². The third kappa shape index (κ3) is 6.86. The minimum Gasteiger partial charge on any atom is -0.383 e. The fraction of sp³-hybridized carbons (Fsp3) is 0.121. The number of anilines is 3. The van der Waals surface area contributed by atoms with Gasteiger partial charge in [-0.2, -0.15) is 0 Å². The predicted molar refractivity (Wildman–Crippen MR) is 171 cm³/mol. The van der Waals surface area contributed by atoms with Gasteiger partial charge < -0.3 is 21.7 Å². The molecule has 0 spiro atoms. The molecule has 0 saturated heterocycles. The molecule has 6 rings (SSSR count). The molecule has 226 valence electrons. The Labute approximate surface area is 260 Å². The van der Waals surface area contributed by atoms with Crippen molar-refractivity contribution in [3.63, 3.8) is 0 Å². The van der Waals surface area contributed by atoms with Gasteiger partial charge in [0.05, 0.1) is 35.4 Å². The SMILES string of the molecule is Nc1ncnc2ccc(-c3ccc(CNc4ncc(NC(=O)[C@H]5C=CC=CC5)cc4C(=O)NCc4ccc(F)c(F)c4)s3)cc12. The third-order valence-electron chi connectivity index (χ3n) is 7.20. The predicted octanol–water partition coefficient (Wildman–Crippen LogP) is 6.23. The monoisotopic (exact) mass is 623 g/mol. The summed E-state index contributed by atoms with van der Waals surface area (Å²) < 4.78 is 27.1. The van der Waals surface area contributed by atoms with Gasteiger partial charge in [-0.15, -0.1) is 11.3 Å². The number of halogens is 2. The molecule has 0 fully saturated rings. The summed E-state index contributed by atoms with van der Waals surface area (Å²) in [5.74, 6) is -2.33. The van der Waals surface area contributed by atoms with Crippen molar-refractivity contribution in [3.05, 3.63) is 119 Å². The number of nitrogen functional groups attached to an aromatic ring is 1. The number of nitrogens with two attached hydrogens (primary N) is 1. The number of hydrogen-bond acceptors (Lipinski definition) is 8. The van der Waals surface area contributed by atoms with Crippen molar-refractivity contribution in [2.45, 2.75) is 19.5 Å². The fourth-order valence-corrected chi connectivity index (χ4v) is 5.76. The molecule has 3 heterocycles. The number of pyridine rings is 1. The number of fused-ring (bicyclic) bond motifs is 1. The lowest BCUT2D eigenvalue weighted by Gasteiger charge is -2.16. The highest BCUT2D eigenvalue weighted by Crippen LogP contribution is 2.32. The zero-order chi connectivity index (χ0) is 31.3. The molecule has 45 heavy (non-hydrogen) atoms. The van der Waals surface area contributed by atoms with Gasteiger partial charge in [0.1, 0.15) is 18.0 Å². The summed E-state index contributed by atoms with van der Waals surface area (Å²) >= 11 is 1.56. The molecule has 5 aromatic rings. The first-order chi connectivity index (χ1) is 21.8. The number of nitrogens with one attached hydrogen (secondary N) is 3. The Hall–Kier alpha value is -5.49. The van der Waals surface area contributed by atoms with E-state index < -0.39 is 17.5 Å². The van der Waals surface area contributed by atoms with E-state index in [9.17, 15) is 18.4 Å². The molecule has 5 N–H and O–H groups in total. The number of thiophene rings is 1. The van der Waals surface area contributed by atoms with E-state index in [0.717, 1.165) is 38.4 Å². The van der Waals surface area contributed by atoms with Crippen LogP contribution in [0.4, 0.5) is 26.1 Å². The summed E-state index contributed by atoms with van der Waals surface area (Å²) in [6.07, 6.45) is 10.9. The van der Waals surface area contributed by atoms with Crippen LogP contribution < -0.4 is 21.7 Å². The highest BCUT2D eigenvalue weighted by Gasteiger charge is 2.19. The van der Waals surface area contributed by atoms with Gasteiger partial charge in [-0.1, -0.05) is 36.4 Å². The molecule has 1 aliphatic rings. The fourth-order valence-electron chi connectivity index (χ4n) is 4.81. The molecule has 0 aliphatic heterocycles. The average molecular weight is 624 g/mol. The molecule has 3 aromatic heterocycles. The van der Waals surface area contributed by atoms with Crippen LogP contribution >= 0.6 is 11.3 Å². The Morgan fingerprint density at radius 2 is 1.84 bits per heavy atom. The summed E-state index contributed by atoms with van der Waals surface area (Å²) in [6, 6.07) is 14.8. The summed E-state index contributed by atoms with van der Waals surface area (Å²) in [5, 5.41) is 9.56. The van der Waals surface area contributed by atoms with Gasteiger partial charge >= 0.3 is 0 Å². The lowest BCUT2D eigenvalue weighted by molar-refractivity contribution is -0.118. The molecule has 1 atom stereocenters. The van der Waals surface area contributed by atoms with Gasteiger partial charge in [-0.3, -0.25) is 9.59 Å². The zero-order valence-corrected chi connectivity index (χ0v) is 24.6. The van der Waals surface area contributed by atoms with Crippen molar-refractivity contribution < 1.29 is 18.4 Å². The van der Waals surface area contributed by atoms with E-state index in [1.54, 1.807) is 11.3 Å². The molecule has 0 unspecified atom stereocenters. The lowest BCUT2D eigenvalue weighted by Crippen LogP contribution is -2.25. The van der Waals surface area contributed by atoms with Crippen LogP contribution in [0.15, 0.2) is 91.4 Å². The van der Waals surface area contributed by atoms with Crippen molar-refractivity contribution >= 4 is 51.4 Å². The molecule has 2 aromatic carbocycles. The largest absolute Gasteiger partial charge is 0.383 e. The normalized spacial score (nSPS) is 14.0. The first-order valence-electron chi connectivity index (χ1n) is 14.0. The highest BCUT2D eigenvalue weighted by molar-refractivity contribution is 7.15. The quantitative estimate of drug-likeness (QED) is 0.153. The van der Waals surface area contributed by atoms with Crippen molar-refractivity contribution in [2.24, 2.45) is 5.92 Å². The van der Waals surface area contributed by atoms with Crippen LogP contribution in [0.25, 0.3) is 21.3 Å². The van der Waals surface area contributed by atoms with E-state index in [-0.39, 0.29) is 23.9 Å². The zero-order valence-electron chi connectivity index (χ0n) is 23.8. The second-order valence-corrected chi connectivity index (χ2v) is 11.5. The molecular formula is C33H27F2N7O2S. The number of rotatable bonds is 9. The standard InChI is InChI=1S/C33H27F2N7O2S/c34-26-9-6-19(12-27(26)35)15-39-33(44)25-14-22(42-32(43)20-4-2-1-3-5-20)16-37-31(25)38-17-23-8-11-29(45-23)21-7-10-28-24(13-21)30(36)41-18-40-28/h1-4,6-14,16,18,20H,5,15,17H2,(H,37,38)(H,39,44)(H,42,43)(H2,36,40,41)/t20-/m0/s1. The number of carbonyl (C=O) groups is 2. The Morgan fingerprint density at radius 3 is 2.67 bits per heavy atom. The van der Waals surface area contributed by atoms with E-state index in [1.165, 1.54) is 24.7 Å². The van der Waals surface area contributed by atoms with Crippen LogP contribution in [0.5, 0.6) is 0 Å². The van der Waals surface area contributed by atoms with Crippen LogP contribution in [0.1, 0.15) is 27.2 Å². The van der Waals surface area contributed by atoms with Gasteiger partial charge in [0.2, 0.25) is 5.91 Å². The summed E-state index contributed by atoms with van der Waals surface area (Å²) in [6.45, 7) is 0.325. The minimum absolute atomic E-state index is 0.0408. The third-order valence-corrected chi connectivity index (χ3v) is 8.33. The summed E-state index contributed by atoms with van der Waals surface area (Å²) in [4.78, 5) is 40.9. The second kappa shape index (κ2) is 13.0. The maximum Gasteiger partial charge on any atom is 0.255 e. The number of benzene rings is 2. The van der Waals surface area contributed by atoms with Crippen LogP contribution in [0, 0.1) is 17.6 Å². The number of hydrogen-bond donors (Lipinski definition) is 4. The van der Waals surface area contributed by atoms with Gasteiger partial charge in [0.15, 0.2) is 11.6 Å². The average Bonchev–Trinajstić information content (AvgIpc) is 3.54. The first kappa shape index (κ1) is 29.6. The van der Waals surface area contributed by atoms with Crippen LogP contribution in [0.2, 0.25) is 0 Å². The second-order valence-electron chi connectivity index (χ2n) is 10.3. The highest BCUT2D eigenvalue weighted by atomic mass is 32.1. The summed E-state index contributed by atoms with van der Waals surface area (Å²) in [7, 11) is 0. The van der Waals surface area contributed by atoms with Gasteiger partial charge in [-0.25, -0.2) is 23.7 Å². The smallest absolute Gasteiger partial charge is 0.255 e. The molecule has 1 aliphatic carbocycles. The lowest BCUT2D eigenvalue weighted by atomic mass is 10.00. The van der Waals surface area contributed by atoms with E-state index in [0.29, 0.717) is 35.9 Å². The number of aromatic nitrogens is 3. The molecule has 0 radical (unpaired) electrons. The van der Waals surface area contributed by atoms with Gasteiger partial charge in [-0.05, 0) is 60.0 Å². The Morgan fingerprint density at radius 1 is 0.956 bits per heavy atom. The number of amides is 2. The molecular weight excluding hydrogens is 596 g/mol. The first-order valence-corrected chi connectivity index (χ1v) is 14.9. The number of carbonyl (C=O) groups excluding carboxylic acids is 2. The number of allylic oxidation sites excluding steroid dienone is 3. The van der Waals surface area contributed by atoms with Crippen molar-refractivity contribution in [3.8, 4) is 10.4 Å². The van der Waals surface area contributed by atoms with E-state index in [4.69, 9.17) is 5.73 Å². The maximum absolute atomic E-state index is 13.7. The molecule has 12 heteroatoms. The van der Waals surface area contributed by atoms with Gasteiger partial charge in [0.25, 0.3) is 5.91 Å². The minimum atomic E-state index is -1.00. The van der Waals surface area contributed by atoms with Crippen molar-refractivity contribution in [1.29, 1.82) is 0 Å². The van der Waals surface area contributed by atoms with Crippen molar-refractivity contribution in [2.75, 3.05) is 16.4 Å². The molecule has 0 bridgehead atoms. The molecule has 2 amide bonds. The van der Waals surface area contributed by atoms with Crippen molar-refractivity contribution in [1.82, 2.24) is 20.3 Å². The van der Waals surface area contributed by atoms with E-state index >= 15 is 0 Å². The van der Waals surface area contributed by atoms with Crippen LogP contribution in [-0.2, 0) is 17.9 Å². The van der Waals surface area contributed by atoms with Crippen LogP contribution in [-0.4, -0.2) is 26.8 Å². The van der Waals surface area contributed by atoms with Crippen LogP contribution in [0.3, 0.4) is 0 Å². The Kier molecular flexibility index (Phi) is 8.56. The molecule has 9 nitrogen and oxygen atoms in total. The Bertz CT molecular complexity index is 1970. The number of nitrogens with zero attached hydrogens (tertiary/aromatic N) is 3. The maximum atomic E-state index is 13.7. The van der Waals surface area contributed by atoms with E-state index in [2.05, 4.69) is 30.9 Å². The van der Waals surface area contributed by atoms with Gasteiger partial charge in [0, 0.05) is 21.7 Å². The Balaban J connectivity index is 1.20. The van der Waals surface area contributed by atoms with E-state index in [1.807, 2.05) is 54.6 Å².